The summed E-state index contributed by atoms with van der Waals surface area (Å²) < 4.78 is 33.4. The van der Waals surface area contributed by atoms with E-state index in [0.717, 1.165) is 36.0 Å². The number of ether oxygens (including phenoxy) is 1. The number of aliphatic carboxylic acids is 1. The molecule has 0 spiro atoms. The Balaban J connectivity index is 0.000000184. The normalized spacial score (nSPS) is 13.0. The predicted molar refractivity (Wildman–Crippen MR) is 128 cm³/mol. The second kappa shape index (κ2) is 12.2. The minimum atomic E-state index is -0.821. The van der Waals surface area contributed by atoms with Crippen LogP contribution in [-0.2, 0) is 24.1 Å². The molecule has 2 aliphatic rings. The highest BCUT2D eigenvalue weighted by molar-refractivity contribution is 5.68. The van der Waals surface area contributed by atoms with E-state index in [4.69, 9.17) is 14.9 Å². The third-order valence-corrected chi connectivity index (χ3v) is 5.57. The van der Waals surface area contributed by atoms with Crippen LogP contribution in [-0.4, -0.2) is 23.3 Å². The molecule has 0 atom stereocenters. The van der Waals surface area contributed by atoms with Crippen molar-refractivity contribution in [1.29, 1.82) is 0 Å². The highest BCUT2D eigenvalue weighted by Gasteiger charge is 2.20. The summed E-state index contributed by atoms with van der Waals surface area (Å²) in [5.41, 5.74) is 3.20. The van der Waals surface area contributed by atoms with Crippen molar-refractivity contribution in [3.8, 4) is 22.6 Å². The number of aryl methyl sites for hydroxylation is 2. The molecule has 1 fully saturated rings. The lowest BCUT2D eigenvalue weighted by Gasteiger charge is -2.10. The molecule has 6 heteroatoms. The molecule has 0 unspecified atom stereocenters. The number of carboxylic acid groups (broad SMARTS) is 1. The van der Waals surface area contributed by atoms with E-state index in [1.54, 1.807) is 30.3 Å². The second-order valence-corrected chi connectivity index (χ2v) is 8.39. The van der Waals surface area contributed by atoms with Crippen LogP contribution in [0.3, 0.4) is 0 Å². The lowest BCUT2D eigenvalue weighted by atomic mass is 9.99. The lowest BCUT2D eigenvalue weighted by Crippen LogP contribution is -1.96. The summed E-state index contributed by atoms with van der Waals surface area (Å²) in [6.45, 7) is 0. The van der Waals surface area contributed by atoms with E-state index >= 15 is 0 Å². The van der Waals surface area contributed by atoms with Gasteiger partial charge in [0.25, 0.3) is 0 Å². The molecule has 0 saturated heterocycles. The van der Waals surface area contributed by atoms with Gasteiger partial charge in [0.15, 0.2) is 0 Å². The molecule has 1 saturated carbocycles. The van der Waals surface area contributed by atoms with Gasteiger partial charge in [-0.3, -0.25) is 4.79 Å². The van der Waals surface area contributed by atoms with Gasteiger partial charge in [0.05, 0.1) is 7.11 Å². The Hall–Kier alpha value is -3.41. The number of carbonyl (C=O) groups is 1. The van der Waals surface area contributed by atoms with Crippen molar-refractivity contribution in [2.75, 3.05) is 7.11 Å². The molecular formula is C28H30F2O4. The quantitative estimate of drug-likeness (QED) is 0.437. The molecule has 0 bridgehead atoms. The predicted octanol–water partition coefficient (Wildman–Crippen LogP) is 6.71. The number of hydrogen-bond acceptors (Lipinski definition) is 3. The average molecular weight is 469 g/mol. The van der Waals surface area contributed by atoms with Gasteiger partial charge in [-0.15, -0.1) is 0 Å². The molecule has 180 valence electrons. The van der Waals surface area contributed by atoms with Crippen molar-refractivity contribution in [3.05, 3.63) is 82.9 Å². The molecule has 4 nitrogen and oxygen atoms in total. The minimum absolute atomic E-state index is 0.101. The molecule has 2 N–H and O–H groups in total. The molecule has 5 rings (SSSR count). The van der Waals surface area contributed by atoms with Gasteiger partial charge in [-0.2, -0.15) is 0 Å². The summed E-state index contributed by atoms with van der Waals surface area (Å²) >= 11 is 0. The second-order valence-electron chi connectivity index (χ2n) is 8.39. The molecule has 0 aromatic heterocycles. The van der Waals surface area contributed by atoms with Gasteiger partial charge >= 0.3 is 5.97 Å². The molecule has 3 aromatic carbocycles. The maximum Gasteiger partial charge on any atom is 0.303 e. The standard InChI is InChI=1S/C16H14F2O.C9H10O3.C3H6/c1-19-11-6-8-15(17)14(9-11)13-7-5-10-3-2-4-12(10)16(13)18;10-8-3-1-2-7(6-8)4-5-9(11)12;1-2-3-1/h5-9H,2-4H2,1H3;1-3,6,10H,4-5H2,(H,11,12);1-3H2. The fraction of sp³-hybridized carbons (Fsp3) is 0.321. The summed E-state index contributed by atoms with van der Waals surface area (Å²) in [6, 6.07) is 14.6. The first-order valence-electron chi connectivity index (χ1n) is 11.5. The fourth-order valence-electron chi connectivity index (χ4n) is 3.63. The Bertz CT molecular complexity index is 1120. The molecule has 34 heavy (non-hydrogen) atoms. The summed E-state index contributed by atoms with van der Waals surface area (Å²) in [6.07, 6.45) is 7.68. The van der Waals surface area contributed by atoms with Crippen LogP contribution >= 0.6 is 0 Å². The van der Waals surface area contributed by atoms with E-state index in [2.05, 4.69) is 0 Å². The van der Waals surface area contributed by atoms with Crippen LogP contribution < -0.4 is 4.74 Å². The average Bonchev–Trinajstić information content (AvgIpc) is 3.63. The van der Waals surface area contributed by atoms with Gasteiger partial charge in [-0.05, 0) is 72.7 Å². The first kappa shape index (κ1) is 25.2. The monoisotopic (exact) mass is 468 g/mol. The highest BCUT2D eigenvalue weighted by atomic mass is 19.1. The van der Waals surface area contributed by atoms with Crippen LogP contribution in [0, 0.1) is 11.6 Å². The van der Waals surface area contributed by atoms with E-state index in [1.165, 1.54) is 44.6 Å². The zero-order valence-electron chi connectivity index (χ0n) is 19.3. The Morgan fingerprint density at radius 2 is 1.71 bits per heavy atom. The maximum atomic E-state index is 14.5. The first-order valence-corrected chi connectivity index (χ1v) is 11.5. The van der Waals surface area contributed by atoms with Crippen LogP contribution in [0.15, 0.2) is 54.6 Å². The summed E-state index contributed by atoms with van der Waals surface area (Å²) in [5, 5.41) is 17.4. The molecule has 0 aliphatic heterocycles. The Kier molecular flexibility index (Phi) is 9.02. The number of hydrogen-bond donors (Lipinski definition) is 2. The van der Waals surface area contributed by atoms with Crippen molar-refractivity contribution in [2.24, 2.45) is 0 Å². The Morgan fingerprint density at radius 1 is 0.941 bits per heavy atom. The molecular weight excluding hydrogens is 438 g/mol. The number of methoxy groups -OCH3 is 1. The van der Waals surface area contributed by atoms with Gasteiger partial charge in [0.2, 0.25) is 0 Å². The molecule has 2 aliphatic carbocycles. The van der Waals surface area contributed by atoms with Gasteiger partial charge in [-0.25, -0.2) is 8.78 Å². The van der Waals surface area contributed by atoms with Crippen molar-refractivity contribution in [1.82, 2.24) is 0 Å². The highest BCUT2D eigenvalue weighted by Crippen LogP contribution is 2.34. The number of rotatable bonds is 5. The summed E-state index contributed by atoms with van der Waals surface area (Å²) in [5.74, 6) is -0.840. The van der Waals surface area contributed by atoms with E-state index in [-0.39, 0.29) is 23.6 Å². The number of fused-ring (bicyclic) bond motifs is 1. The Labute approximate surface area is 198 Å². The minimum Gasteiger partial charge on any atom is -0.508 e. The van der Waals surface area contributed by atoms with E-state index in [0.29, 0.717) is 17.7 Å². The SMILES string of the molecule is C1CC1.COc1ccc(F)c(-c2ccc3c(c2F)CCC3)c1.O=C(O)CCc1cccc(O)c1. The topological polar surface area (TPSA) is 66.8 Å². The van der Waals surface area contributed by atoms with E-state index < -0.39 is 11.8 Å². The zero-order chi connectivity index (χ0) is 24.5. The van der Waals surface area contributed by atoms with Crippen molar-refractivity contribution in [3.63, 3.8) is 0 Å². The lowest BCUT2D eigenvalue weighted by molar-refractivity contribution is -0.136. The Morgan fingerprint density at radius 3 is 2.35 bits per heavy atom. The third kappa shape index (κ3) is 7.30. The molecule has 0 amide bonds. The number of phenolic OH excluding ortho intramolecular Hbond substituents is 1. The van der Waals surface area contributed by atoms with Crippen LogP contribution in [0.1, 0.15) is 48.8 Å². The molecule has 0 heterocycles. The third-order valence-electron chi connectivity index (χ3n) is 5.57. The zero-order valence-corrected chi connectivity index (χ0v) is 19.3. The van der Waals surface area contributed by atoms with Gasteiger partial charge in [-0.1, -0.05) is 43.5 Å². The largest absolute Gasteiger partial charge is 0.508 e. The smallest absolute Gasteiger partial charge is 0.303 e. The first-order chi connectivity index (χ1) is 16.4. The number of phenols is 1. The van der Waals surface area contributed by atoms with Crippen LogP contribution in [0.2, 0.25) is 0 Å². The summed E-state index contributed by atoms with van der Waals surface area (Å²) in [4.78, 5) is 10.2. The number of halogens is 2. The van der Waals surface area contributed by atoms with E-state index in [1.807, 2.05) is 6.07 Å². The van der Waals surface area contributed by atoms with Gasteiger partial charge in [0.1, 0.15) is 23.1 Å². The van der Waals surface area contributed by atoms with Crippen molar-refractivity contribution < 1.29 is 28.5 Å². The molecule has 0 radical (unpaired) electrons. The number of carboxylic acids is 1. The van der Waals surface area contributed by atoms with Crippen LogP contribution in [0.4, 0.5) is 8.78 Å². The van der Waals surface area contributed by atoms with Crippen LogP contribution in [0.5, 0.6) is 11.5 Å². The number of aromatic hydroxyl groups is 1. The maximum absolute atomic E-state index is 14.5. The fourth-order valence-corrected chi connectivity index (χ4v) is 3.63. The van der Waals surface area contributed by atoms with Crippen molar-refractivity contribution in [2.45, 2.75) is 51.4 Å². The van der Waals surface area contributed by atoms with Gasteiger partial charge < -0.3 is 14.9 Å². The molecule has 3 aromatic rings. The van der Waals surface area contributed by atoms with Crippen LogP contribution in [0.25, 0.3) is 11.1 Å². The van der Waals surface area contributed by atoms with Crippen molar-refractivity contribution >= 4 is 5.97 Å². The number of benzene rings is 3. The van der Waals surface area contributed by atoms with E-state index in [9.17, 15) is 13.6 Å². The van der Waals surface area contributed by atoms with Gasteiger partial charge in [0, 0.05) is 17.5 Å². The summed E-state index contributed by atoms with van der Waals surface area (Å²) in [7, 11) is 1.51.